The highest BCUT2D eigenvalue weighted by atomic mass is 32.1. The number of fused-ring (bicyclic) bond motifs is 1. The Hall–Kier alpha value is -2.34. The van der Waals surface area contributed by atoms with Gasteiger partial charge in [-0.1, -0.05) is 18.2 Å². The standard InChI is InChI=1S/C19H24N4OS/c1-12-15-7-5-6-8-16(15)24-17(12)11-22-19(20-4)21-10-9-18-13(2)23-14(3)25-18/h5-8H,9-11H2,1-4H3,(H2,20,21,22). The molecule has 25 heavy (non-hydrogen) atoms. The van der Waals surface area contributed by atoms with Crippen LogP contribution in [0.3, 0.4) is 0 Å². The fourth-order valence-corrected chi connectivity index (χ4v) is 3.81. The zero-order valence-corrected chi connectivity index (χ0v) is 16.0. The van der Waals surface area contributed by atoms with Gasteiger partial charge in [0.2, 0.25) is 0 Å². The zero-order valence-electron chi connectivity index (χ0n) is 15.1. The Bertz CT molecular complexity index is 894. The third-order valence-corrected chi connectivity index (χ3v) is 5.36. The Morgan fingerprint density at radius 3 is 2.68 bits per heavy atom. The summed E-state index contributed by atoms with van der Waals surface area (Å²) in [6, 6.07) is 8.11. The largest absolute Gasteiger partial charge is 0.459 e. The van der Waals surface area contributed by atoms with Crippen LogP contribution < -0.4 is 10.6 Å². The van der Waals surface area contributed by atoms with Crippen LogP contribution in [0.25, 0.3) is 11.0 Å². The summed E-state index contributed by atoms with van der Waals surface area (Å²) >= 11 is 1.76. The lowest BCUT2D eigenvalue weighted by molar-refractivity contribution is 0.534. The van der Waals surface area contributed by atoms with Crippen molar-refractivity contribution in [1.29, 1.82) is 0 Å². The molecule has 0 unspecified atom stereocenters. The van der Waals surface area contributed by atoms with Crippen molar-refractivity contribution in [2.45, 2.75) is 33.7 Å². The summed E-state index contributed by atoms with van der Waals surface area (Å²) in [5.74, 6) is 1.72. The second kappa shape index (κ2) is 7.70. The topological polar surface area (TPSA) is 62.5 Å². The van der Waals surface area contributed by atoms with E-state index in [0.717, 1.165) is 41.0 Å². The number of nitrogens with zero attached hydrogens (tertiary/aromatic N) is 2. The van der Waals surface area contributed by atoms with Crippen molar-refractivity contribution in [3.05, 3.63) is 51.2 Å². The van der Waals surface area contributed by atoms with Crippen molar-refractivity contribution in [3.63, 3.8) is 0 Å². The molecule has 0 saturated carbocycles. The van der Waals surface area contributed by atoms with E-state index in [1.54, 1.807) is 18.4 Å². The van der Waals surface area contributed by atoms with Gasteiger partial charge in [-0.2, -0.15) is 0 Å². The number of furan rings is 1. The highest BCUT2D eigenvalue weighted by molar-refractivity contribution is 7.11. The molecule has 5 nitrogen and oxygen atoms in total. The van der Waals surface area contributed by atoms with Crippen molar-refractivity contribution in [1.82, 2.24) is 15.6 Å². The smallest absolute Gasteiger partial charge is 0.191 e. The van der Waals surface area contributed by atoms with Crippen LogP contribution >= 0.6 is 11.3 Å². The summed E-state index contributed by atoms with van der Waals surface area (Å²) in [5.41, 5.74) is 3.23. The highest BCUT2D eigenvalue weighted by Crippen LogP contribution is 2.24. The number of hydrogen-bond acceptors (Lipinski definition) is 4. The van der Waals surface area contributed by atoms with E-state index in [0.29, 0.717) is 6.54 Å². The minimum atomic E-state index is 0.610. The maximum atomic E-state index is 5.93. The molecule has 2 heterocycles. The van der Waals surface area contributed by atoms with Gasteiger partial charge in [-0.05, 0) is 26.8 Å². The van der Waals surface area contributed by atoms with Gasteiger partial charge in [0.05, 0.1) is 17.2 Å². The summed E-state index contributed by atoms with van der Waals surface area (Å²) < 4.78 is 5.93. The SMILES string of the molecule is CN=C(NCCc1sc(C)nc1C)NCc1oc2ccccc2c1C. The van der Waals surface area contributed by atoms with E-state index in [-0.39, 0.29) is 0 Å². The monoisotopic (exact) mass is 356 g/mol. The molecule has 6 heteroatoms. The number of nitrogens with one attached hydrogen (secondary N) is 2. The number of thiazole rings is 1. The summed E-state index contributed by atoms with van der Waals surface area (Å²) in [7, 11) is 1.78. The predicted octanol–water partition coefficient (Wildman–Crippen LogP) is 3.72. The van der Waals surface area contributed by atoms with E-state index < -0.39 is 0 Å². The highest BCUT2D eigenvalue weighted by Gasteiger charge is 2.10. The van der Waals surface area contributed by atoms with Crippen molar-refractivity contribution < 1.29 is 4.42 Å². The van der Waals surface area contributed by atoms with Crippen LogP contribution in [0.2, 0.25) is 0 Å². The fourth-order valence-electron chi connectivity index (χ4n) is 2.88. The number of aliphatic imine (C=N–C) groups is 1. The molecule has 2 aromatic heterocycles. The maximum absolute atomic E-state index is 5.93. The fraction of sp³-hybridized carbons (Fsp3) is 0.368. The minimum absolute atomic E-state index is 0.610. The number of benzene rings is 1. The maximum Gasteiger partial charge on any atom is 0.191 e. The van der Waals surface area contributed by atoms with Gasteiger partial charge in [-0.25, -0.2) is 4.98 Å². The summed E-state index contributed by atoms with van der Waals surface area (Å²) in [6.45, 7) is 7.63. The van der Waals surface area contributed by atoms with Gasteiger partial charge in [0.15, 0.2) is 5.96 Å². The van der Waals surface area contributed by atoms with Gasteiger partial charge >= 0.3 is 0 Å². The molecule has 2 N–H and O–H groups in total. The molecule has 0 atom stereocenters. The second-order valence-electron chi connectivity index (χ2n) is 5.99. The summed E-state index contributed by atoms with van der Waals surface area (Å²) in [5, 5.41) is 8.97. The second-order valence-corrected chi connectivity index (χ2v) is 7.28. The average Bonchev–Trinajstić information content (AvgIpc) is 3.10. The molecule has 0 aliphatic heterocycles. The Labute approximate surface area is 152 Å². The van der Waals surface area contributed by atoms with Gasteiger partial charge in [0.25, 0.3) is 0 Å². The number of para-hydroxylation sites is 1. The first-order chi connectivity index (χ1) is 12.1. The van der Waals surface area contributed by atoms with Crippen LogP contribution in [-0.4, -0.2) is 24.5 Å². The molecule has 0 amide bonds. The van der Waals surface area contributed by atoms with Crippen molar-refractivity contribution in [2.24, 2.45) is 4.99 Å². The predicted molar refractivity (Wildman–Crippen MR) is 104 cm³/mol. The Kier molecular flexibility index (Phi) is 5.38. The molecule has 0 fully saturated rings. The van der Waals surface area contributed by atoms with Crippen LogP contribution in [0, 0.1) is 20.8 Å². The van der Waals surface area contributed by atoms with Crippen LogP contribution in [-0.2, 0) is 13.0 Å². The molecule has 0 bridgehead atoms. The lowest BCUT2D eigenvalue weighted by Gasteiger charge is -2.11. The lowest BCUT2D eigenvalue weighted by atomic mass is 10.1. The van der Waals surface area contributed by atoms with E-state index in [4.69, 9.17) is 4.42 Å². The quantitative estimate of drug-likeness (QED) is 0.540. The van der Waals surface area contributed by atoms with Crippen LogP contribution in [0.5, 0.6) is 0 Å². The number of guanidine groups is 1. The van der Waals surface area contributed by atoms with E-state index in [9.17, 15) is 0 Å². The van der Waals surface area contributed by atoms with E-state index in [1.807, 2.05) is 25.1 Å². The first-order valence-electron chi connectivity index (χ1n) is 8.43. The van der Waals surface area contributed by atoms with E-state index >= 15 is 0 Å². The Morgan fingerprint density at radius 2 is 2.00 bits per heavy atom. The number of rotatable bonds is 5. The molecular weight excluding hydrogens is 332 g/mol. The first-order valence-corrected chi connectivity index (χ1v) is 9.24. The van der Waals surface area contributed by atoms with Crippen LogP contribution in [0.15, 0.2) is 33.7 Å². The molecule has 0 spiro atoms. The van der Waals surface area contributed by atoms with E-state index in [1.165, 1.54) is 15.8 Å². The Morgan fingerprint density at radius 1 is 1.20 bits per heavy atom. The normalized spacial score (nSPS) is 11.9. The molecular formula is C19H24N4OS. The third kappa shape index (κ3) is 4.02. The minimum Gasteiger partial charge on any atom is -0.459 e. The van der Waals surface area contributed by atoms with Gasteiger partial charge < -0.3 is 15.1 Å². The van der Waals surface area contributed by atoms with Crippen LogP contribution in [0.1, 0.15) is 26.9 Å². The first kappa shape index (κ1) is 17.5. The van der Waals surface area contributed by atoms with Crippen molar-refractivity contribution in [3.8, 4) is 0 Å². The van der Waals surface area contributed by atoms with Crippen molar-refractivity contribution in [2.75, 3.05) is 13.6 Å². The lowest BCUT2D eigenvalue weighted by Crippen LogP contribution is -2.37. The van der Waals surface area contributed by atoms with Gasteiger partial charge in [-0.15, -0.1) is 11.3 Å². The summed E-state index contributed by atoms with van der Waals surface area (Å²) in [6.07, 6.45) is 0.946. The average molecular weight is 356 g/mol. The molecule has 0 aliphatic carbocycles. The van der Waals surface area contributed by atoms with Gasteiger partial charge in [0.1, 0.15) is 11.3 Å². The molecule has 132 valence electrons. The molecule has 3 rings (SSSR count). The van der Waals surface area contributed by atoms with Crippen molar-refractivity contribution >= 4 is 28.3 Å². The molecule has 0 radical (unpaired) electrons. The zero-order chi connectivity index (χ0) is 17.8. The van der Waals surface area contributed by atoms with Gasteiger partial charge in [0, 0.05) is 35.8 Å². The number of aryl methyl sites for hydroxylation is 3. The Balaban J connectivity index is 1.55. The summed E-state index contributed by atoms with van der Waals surface area (Å²) in [4.78, 5) is 10.1. The van der Waals surface area contributed by atoms with E-state index in [2.05, 4.69) is 40.5 Å². The molecule has 0 saturated heterocycles. The van der Waals surface area contributed by atoms with Crippen LogP contribution in [0.4, 0.5) is 0 Å². The van der Waals surface area contributed by atoms with Gasteiger partial charge in [-0.3, -0.25) is 4.99 Å². The molecule has 1 aromatic carbocycles. The number of aromatic nitrogens is 1. The molecule has 3 aromatic rings. The number of hydrogen-bond donors (Lipinski definition) is 2. The third-order valence-electron chi connectivity index (χ3n) is 4.23. The molecule has 0 aliphatic rings.